The largest absolute Gasteiger partial charge is 0.493 e. The van der Waals surface area contributed by atoms with Gasteiger partial charge in [-0.2, -0.15) is 0 Å². The summed E-state index contributed by atoms with van der Waals surface area (Å²) in [6, 6.07) is 7.45. The van der Waals surface area contributed by atoms with Crippen molar-refractivity contribution in [2.24, 2.45) is 0 Å². The maximum absolute atomic E-state index is 8.80. The Morgan fingerprint density at radius 3 is 2.79 bits per heavy atom. The maximum atomic E-state index is 8.80. The van der Waals surface area contributed by atoms with Crippen molar-refractivity contribution >= 4 is 0 Å². The number of nitrogens with zero attached hydrogens (tertiary/aromatic N) is 1. The predicted octanol–water partition coefficient (Wildman–Crippen LogP) is 2.28. The van der Waals surface area contributed by atoms with E-state index in [2.05, 4.69) is 5.16 Å². The van der Waals surface area contributed by atoms with Crippen LogP contribution in [0.4, 0.5) is 0 Å². The zero-order valence-electron chi connectivity index (χ0n) is 11.0. The van der Waals surface area contributed by atoms with E-state index in [1.165, 1.54) is 0 Å². The molecule has 5 nitrogen and oxygen atoms in total. The fraction of sp³-hybridized carbons (Fsp3) is 0.357. The third-order valence-corrected chi connectivity index (χ3v) is 2.82. The molecule has 0 saturated carbocycles. The van der Waals surface area contributed by atoms with Gasteiger partial charge in [-0.15, -0.1) is 0 Å². The number of aromatic nitrogens is 1. The van der Waals surface area contributed by atoms with E-state index in [9.17, 15) is 0 Å². The standard InChI is InChI=1S/C14H17NO4/c1-17-13-7-3-6-11(14(13)18-2)12-9-10(19-15-12)5-4-8-16/h3,6-7,9,16H,4-5,8H2,1-2H3. The lowest BCUT2D eigenvalue weighted by Crippen LogP contribution is -1.93. The van der Waals surface area contributed by atoms with Crippen molar-refractivity contribution in [2.75, 3.05) is 20.8 Å². The molecule has 0 amide bonds. The molecule has 2 aromatic rings. The van der Waals surface area contributed by atoms with Crippen LogP contribution in [0.15, 0.2) is 28.8 Å². The molecule has 0 radical (unpaired) electrons. The van der Waals surface area contributed by atoms with Crippen molar-refractivity contribution < 1.29 is 19.1 Å². The van der Waals surface area contributed by atoms with Crippen LogP contribution in [0.2, 0.25) is 0 Å². The number of aryl methyl sites for hydroxylation is 1. The number of benzene rings is 1. The first-order valence-electron chi connectivity index (χ1n) is 6.08. The first-order chi connectivity index (χ1) is 9.30. The molecule has 0 aliphatic carbocycles. The van der Waals surface area contributed by atoms with Crippen molar-refractivity contribution in [2.45, 2.75) is 12.8 Å². The van der Waals surface area contributed by atoms with Gasteiger partial charge in [0, 0.05) is 24.7 Å². The summed E-state index contributed by atoms with van der Waals surface area (Å²) in [7, 11) is 3.19. The number of methoxy groups -OCH3 is 2. The van der Waals surface area contributed by atoms with E-state index in [1.54, 1.807) is 14.2 Å². The molecular weight excluding hydrogens is 246 g/mol. The SMILES string of the molecule is COc1cccc(-c2cc(CCCO)on2)c1OC. The molecule has 1 aromatic carbocycles. The summed E-state index contributed by atoms with van der Waals surface area (Å²) in [4.78, 5) is 0. The molecule has 1 aromatic heterocycles. The lowest BCUT2D eigenvalue weighted by atomic mass is 10.1. The molecule has 0 fully saturated rings. The summed E-state index contributed by atoms with van der Waals surface area (Å²) in [5, 5.41) is 12.8. The van der Waals surface area contributed by atoms with Gasteiger partial charge < -0.3 is 19.1 Å². The molecular formula is C14H17NO4. The lowest BCUT2D eigenvalue weighted by Gasteiger charge is -2.10. The van der Waals surface area contributed by atoms with Crippen molar-refractivity contribution in [3.8, 4) is 22.8 Å². The highest BCUT2D eigenvalue weighted by Gasteiger charge is 2.15. The Labute approximate surface area is 111 Å². The Kier molecular flexibility index (Phi) is 4.41. The minimum Gasteiger partial charge on any atom is -0.493 e. The van der Waals surface area contributed by atoms with E-state index in [-0.39, 0.29) is 6.61 Å². The molecule has 0 atom stereocenters. The quantitative estimate of drug-likeness (QED) is 0.866. The molecule has 0 saturated heterocycles. The second kappa shape index (κ2) is 6.24. The molecule has 1 heterocycles. The normalized spacial score (nSPS) is 10.5. The average molecular weight is 263 g/mol. The Morgan fingerprint density at radius 1 is 1.26 bits per heavy atom. The number of rotatable bonds is 6. The van der Waals surface area contributed by atoms with Crippen LogP contribution in [-0.4, -0.2) is 31.1 Å². The summed E-state index contributed by atoms with van der Waals surface area (Å²) < 4.78 is 15.9. The van der Waals surface area contributed by atoms with E-state index >= 15 is 0 Å². The van der Waals surface area contributed by atoms with E-state index < -0.39 is 0 Å². The van der Waals surface area contributed by atoms with Crippen LogP contribution in [0.3, 0.4) is 0 Å². The van der Waals surface area contributed by atoms with E-state index in [0.29, 0.717) is 30.0 Å². The van der Waals surface area contributed by atoms with E-state index in [1.807, 2.05) is 24.3 Å². The Bertz CT molecular complexity index is 536. The molecule has 0 unspecified atom stereocenters. The Morgan fingerprint density at radius 2 is 2.11 bits per heavy atom. The molecule has 102 valence electrons. The van der Waals surface area contributed by atoms with Gasteiger partial charge in [0.1, 0.15) is 11.5 Å². The predicted molar refractivity (Wildman–Crippen MR) is 70.4 cm³/mol. The van der Waals surface area contributed by atoms with Gasteiger partial charge in [0.2, 0.25) is 0 Å². The lowest BCUT2D eigenvalue weighted by molar-refractivity contribution is 0.280. The highest BCUT2D eigenvalue weighted by Crippen LogP contribution is 2.37. The van der Waals surface area contributed by atoms with Gasteiger partial charge in [0.25, 0.3) is 0 Å². The topological polar surface area (TPSA) is 64.7 Å². The summed E-state index contributed by atoms with van der Waals surface area (Å²) >= 11 is 0. The molecule has 0 bridgehead atoms. The number of hydrogen-bond donors (Lipinski definition) is 1. The van der Waals surface area contributed by atoms with Crippen molar-refractivity contribution in [1.29, 1.82) is 0 Å². The second-order valence-corrected chi connectivity index (χ2v) is 4.05. The molecule has 1 N–H and O–H groups in total. The molecule has 5 heteroatoms. The number of hydrogen-bond acceptors (Lipinski definition) is 5. The monoisotopic (exact) mass is 263 g/mol. The Hall–Kier alpha value is -2.01. The van der Waals surface area contributed by atoms with Gasteiger partial charge in [0.15, 0.2) is 11.5 Å². The fourth-order valence-corrected chi connectivity index (χ4v) is 1.90. The van der Waals surface area contributed by atoms with E-state index in [0.717, 1.165) is 11.3 Å². The van der Waals surface area contributed by atoms with Crippen LogP contribution in [0, 0.1) is 0 Å². The van der Waals surface area contributed by atoms with Crippen molar-refractivity contribution in [3.63, 3.8) is 0 Å². The van der Waals surface area contributed by atoms with Gasteiger partial charge in [-0.1, -0.05) is 11.2 Å². The highest BCUT2D eigenvalue weighted by atomic mass is 16.5. The minimum atomic E-state index is 0.137. The first kappa shape index (κ1) is 13.4. The van der Waals surface area contributed by atoms with Crippen LogP contribution in [0.5, 0.6) is 11.5 Å². The van der Waals surface area contributed by atoms with Crippen molar-refractivity contribution in [1.82, 2.24) is 5.16 Å². The smallest absolute Gasteiger partial charge is 0.170 e. The van der Waals surface area contributed by atoms with Crippen LogP contribution < -0.4 is 9.47 Å². The van der Waals surface area contributed by atoms with Gasteiger partial charge in [-0.05, 0) is 18.6 Å². The zero-order valence-corrected chi connectivity index (χ0v) is 11.0. The summed E-state index contributed by atoms with van der Waals surface area (Å²) in [6.45, 7) is 0.137. The van der Waals surface area contributed by atoms with Crippen LogP contribution in [0.1, 0.15) is 12.2 Å². The summed E-state index contributed by atoms with van der Waals surface area (Å²) in [6.07, 6.45) is 1.32. The number of ether oxygens (including phenoxy) is 2. The van der Waals surface area contributed by atoms with Crippen LogP contribution in [-0.2, 0) is 6.42 Å². The summed E-state index contributed by atoms with van der Waals surface area (Å²) in [5.74, 6) is 2.03. The molecule has 0 spiro atoms. The van der Waals surface area contributed by atoms with Crippen LogP contribution >= 0.6 is 0 Å². The fourth-order valence-electron chi connectivity index (χ4n) is 1.90. The molecule has 0 aliphatic rings. The summed E-state index contributed by atoms with van der Waals surface area (Å²) in [5.41, 5.74) is 1.52. The number of aliphatic hydroxyl groups is 1. The Balaban J connectivity index is 2.33. The molecule has 2 rings (SSSR count). The van der Waals surface area contributed by atoms with Gasteiger partial charge >= 0.3 is 0 Å². The third kappa shape index (κ3) is 2.88. The molecule has 0 aliphatic heterocycles. The maximum Gasteiger partial charge on any atom is 0.170 e. The van der Waals surface area contributed by atoms with Gasteiger partial charge in [-0.25, -0.2) is 0 Å². The zero-order chi connectivity index (χ0) is 13.7. The first-order valence-corrected chi connectivity index (χ1v) is 6.08. The third-order valence-electron chi connectivity index (χ3n) is 2.82. The second-order valence-electron chi connectivity index (χ2n) is 4.05. The van der Waals surface area contributed by atoms with Crippen LogP contribution in [0.25, 0.3) is 11.3 Å². The van der Waals surface area contributed by atoms with E-state index in [4.69, 9.17) is 19.1 Å². The minimum absolute atomic E-state index is 0.137. The molecule has 19 heavy (non-hydrogen) atoms. The average Bonchev–Trinajstić information content (AvgIpc) is 2.92. The van der Waals surface area contributed by atoms with Crippen molar-refractivity contribution in [3.05, 3.63) is 30.0 Å². The highest BCUT2D eigenvalue weighted by molar-refractivity contribution is 5.71. The number of aliphatic hydroxyl groups excluding tert-OH is 1. The number of para-hydroxylation sites is 1. The van der Waals surface area contributed by atoms with Gasteiger partial charge in [-0.3, -0.25) is 0 Å². The van der Waals surface area contributed by atoms with Gasteiger partial charge in [0.05, 0.1) is 14.2 Å².